The SMILES string of the molecule is Cc1cc(N2CCN(c3ccc4nncn4n3)CC2)n2nccc2n1. The van der Waals surface area contributed by atoms with Gasteiger partial charge in [-0.15, -0.1) is 15.3 Å². The van der Waals surface area contributed by atoms with Crippen molar-refractivity contribution in [2.45, 2.75) is 6.92 Å². The number of piperazine rings is 1. The number of nitrogens with zero attached hydrogens (tertiary/aromatic N) is 9. The van der Waals surface area contributed by atoms with Crippen molar-refractivity contribution in [3.63, 3.8) is 0 Å². The van der Waals surface area contributed by atoms with Gasteiger partial charge in [-0.3, -0.25) is 0 Å². The fourth-order valence-corrected chi connectivity index (χ4v) is 3.30. The number of hydrogen-bond donors (Lipinski definition) is 0. The molecule has 0 N–H and O–H groups in total. The molecule has 0 unspecified atom stereocenters. The normalized spacial score (nSPS) is 15.4. The van der Waals surface area contributed by atoms with E-state index in [0.717, 1.165) is 54.8 Å². The predicted molar refractivity (Wildman–Crippen MR) is 92.9 cm³/mol. The Kier molecular flexibility index (Phi) is 3.06. The van der Waals surface area contributed by atoms with Gasteiger partial charge in [0, 0.05) is 44.0 Å². The lowest BCUT2D eigenvalue weighted by molar-refractivity contribution is 0.628. The van der Waals surface area contributed by atoms with Crippen molar-refractivity contribution >= 4 is 22.9 Å². The molecule has 1 aliphatic heterocycles. The van der Waals surface area contributed by atoms with Crippen molar-refractivity contribution < 1.29 is 0 Å². The standard InChI is InChI=1S/C16H17N9/c1-12-10-16(25-13(19-12)4-5-18-25)23-8-6-22(7-9-23)15-3-2-14-20-17-11-24(14)21-15/h2-5,10-11H,6-9H2,1H3. The molecule has 5 rings (SSSR count). The second-order valence-corrected chi connectivity index (χ2v) is 6.16. The molecule has 0 amide bonds. The van der Waals surface area contributed by atoms with Gasteiger partial charge in [0.2, 0.25) is 0 Å². The van der Waals surface area contributed by atoms with E-state index in [1.165, 1.54) is 0 Å². The second-order valence-electron chi connectivity index (χ2n) is 6.16. The Hall–Kier alpha value is -3.23. The van der Waals surface area contributed by atoms with Gasteiger partial charge >= 0.3 is 0 Å². The molecule has 4 aromatic rings. The van der Waals surface area contributed by atoms with Crippen LogP contribution in [0.4, 0.5) is 11.6 Å². The third-order valence-corrected chi connectivity index (χ3v) is 4.54. The predicted octanol–water partition coefficient (Wildman–Crippen LogP) is 0.802. The average Bonchev–Trinajstić information content (AvgIpc) is 3.29. The molecule has 0 spiro atoms. The van der Waals surface area contributed by atoms with E-state index in [0.29, 0.717) is 0 Å². The van der Waals surface area contributed by atoms with Crippen LogP contribution in [0.1, 0.15) is 5.69 Å². The molecule has 0 bridgehead atoms. The topological polar surface area (TPSA) is 79.8 Å². The van der Waals surface area contributed by atoms with E-state index < -0.39 is 0 Å². The van der Waals surface area contributed by atoms with Gasteiger partial charge in [-0.25, -0.2) is 4.98 Å². The summed E-state index contributed by atoms with van der Waals surface area (Å²) in [6, 6.07) is 7.98. The first-order valence-corrected chi connectivity index (χ1v) is 8.26. The molecule has 126 valence electrons. The minimum Gasteiger partial charge on any atom is -0.353 e. The van der Waals surface area contributed by atoms with Crippen molar-refractivity contribution in [2.24, 2.45) is 0 Å². The summed E-state index contributed by atoms with van der Waals surface area (Å²) in [4.78, 5) is 9.15. The molecule has 9 nitrogen and oxygen atoms in total. The maximum absolute atomic E-state index is 4.58. The molecule has 0 radical (unpaired) electrons. The zero-order valence-corrected chi connectivity index (χ0v) is 13.8. The van der Waals surface area contributed by atoms with Crippen molar-refractivity contribution in [2.75, 3.05) is 36.0 Å². The molecule has 9 heteroatoms. The molecule has 1 fully saturated rings. The molecule has 0 atom stereocenters. The Morgan fingerprint density at radius 1 is 0.960 bits per heavy atom. The number of hydrogen-bond acceptors (Lipinski definition) is 7. The largest absolute Gasteiger partial charge is 0.353 e. The monoisotopic (exact) mass is 335 g/mol. The van der Waals surface area contributed by atoms with Gasteiger partial charge in [0.1, 0.15) is 18.0 Å². The molecule has 1 aliphatic rings. The molecule has 5 heterocycles. The molecule has 0 aliphatic carbocycles. The fraction of sp³-hybridized carbons (Fsp3) is 0.312. The number of rotatable bonds is 2. The fourth-order valence-electron chi connectivity index (χ4n) is 3.30. The Morgan fingerprint density at radius 2 is 1.80 bits per heavy atom. The second kappa shape index (κ2) is 5.40. The van der Waals surface area contributed by atoms with Crippen LogP contribution in [0.5, 0.6) is 0 Å². The number of anilines is 2. The summed E-state index contributed by atoms with van der Waals surface area (Å²) in [5, 5.41) is 16.9. The maximum atomic E-state index is 4.58. The molecular weight excluding hydrogens is 318 g/mol. The summed E-state index contributed by atoms with van der Waals surface area (Å²) in [5.74, 6) is 2.04. The minimum atomic E-state index is 0.760. The van der Waals surface area contributed by atoms with Crippen LogP contribution >= 0.6 is 0 Å². The highest BCUT2D eigenvalue weighted by Crippen LogP contribution is 2.20. The van der Waals surface area contributed by atoms with Gasteiger partial charge in [0.05, 0.1) is 6.20 Å². The quantitative estimate of drug-likeness (QED) is 0.536. The van der Waals surface area contributed by atoms with Crippen LogP contribution in [0.25, 0.3) is 11.3 Å². The average molecular weight is 335 g/mol. The minimum absolute atomic E-state index is 0.760. The molecule has 25 heavy (non-hydrogen) atoms. The Labute approximate surface area is 143 Å². The van der Waals surface area contributed by atoms with E-state index in [2.05, 4.69) is 41.2 Å². The van der Waals surface area contributed by atoms with Crippen molar-refractivity contribution in [1.82, 2.24) is 34.4 Å². The zero-order chi connectivity index (χ0) is 16.8. The Bertz CT molecular complexity index is 1040. The van der Waals surface area contributed by atoms with Gasteiger partial charge in [-0.1, -0.05) is 0 Å². The molecule has 1 saturated heterocycles. The zero-order valence-electron chi connectivity index (χ0n) is 13.8. The summed E-state index contributed by atoms with van der Waals surface area (Å²) in [7, 11) is 0. The van der Waals surface area contributed by atoms with Crippen LogP contribution in [0.2, 0.25) is 0 Å². The van der Waals surface area contributed by atoms with Crippen LogP contribution in [0, 0.1) is 6.92 Å². The van der Waals surface area contributed by atoms with Crippen LogP contribution in [0.3, 0.4) is 0 Å². The number of aromatic nitrogens is 7. The lowest BCUT2D eigenvalue weighted by Crippen LogP contribution is -2.47. The summed E-state index contributed by atoms with van der Waals surface area (Å²) >= 11 is 0. The van der Waals surface area contributed by atoms with Gasteiger partial charge in [0.15, 0.2) is 11.3 Å². The van der Waals surface area contributed by atoms with Crippen LogP contribution < -0.4 is 9.80 Å². The van der Waals surface area contributed by atoms with Crippen LogP contribution in [-0.4, -0.2) is 60.6 Å². The number of aryl methyl sites for hydroxylation is 1. The van der Waals surface area contributed by atoms with Crippen molar-refractivity contribution in [1.29, 1.82) is 0 Å². The van der Waals surface area contributed by atoms with E-state index in [1.54, 1.807) is 17.0 Å². The highest BCUT2D eigenvalue weighted by molar-refractivity contribution is 5.52. The van der Waals surface area contributed by atoms with Gasteiger partial charge in [0.25, 0.3) is 0 Å². The Morgan fingerprint density at radius 3 is 2.68 bits per heavy atom. The van der Waals surface area contributed by atoms with Crippen molar-refractivity contribution in [3.8, 4) is 0 Å². The first-order chi connectivity index (χ1) is 12.3. The van der Waals surface area contributed by atoms with E-state index >= 15 is 0 Å². The van der Waals surface area contributed by atoms with Gasteiger partial charge in [-0.05, 0) is 19.1 Å². The molecule has 0 saturated carbocycles. The van der Waals surface area contributed by atoms with Gasteiger partial charge < -0.3 is 9.80 Å². The van der Waals surface area contributed by atoms with Gasteiger partial charge in [-0.2, -0.15) is 14.1 Å². The molecular formula is C16H17N9. The highest BCUT2D eigenvalue weighted by Gasteiger charge is 2.21. The summed E-state index contributed by atoms with van der Waals surface area (Å²) in [6.45, 7) is 5.61. The van der Waals surface area contributed by atoms with E-state index in [1.807, 2.05) is 29.6 Å². The summed E-state index contributed by atoms with van der Waals surface area (Å²) in [6.07, 6.45) is 3.42. The van der Waals surface area contributed by atoms with E-state index in [4.69, 9.17) is 0 Å². The molecule has 0 aromatic carbocycles. The third-order valence-electron chi connectivity index (χ3n) is 4.54. The van der Waals surface area contributed by atoms with Crippen LogP contribution in [-0.2, 0) is 0 Å². The summed E-state index contributed by atoms with van der Waals surface area (Å²) < 4.78 is 3.62. The lowest BCUT2D eigenvalue weighted by atomic mass is 10.3. The lowest BCUT2D eigenvalue weighted by Gasteiger charge is -2.36. The van der Waals surface area contributed by atoms with E-state index in [9.17, 15) is 0 Å². The molecule has 4 aromatic heterocycles. The maximum Gasteiger partial charge on any atom is 0.177 e. The first-order valence-electron chi connectivity index (χ1n) is 8.26. The highest BCUT2D eigenvalue weighted by atomic mass is 15.4. The van der Waals surface area contributed by atoms with Crippen LogP contribution in [0.15, 0.2) is 36.8 Å². The first kappa shape index (κ1) is 14.1. The van der Waals surface area contributed by atoms with E-state index in [-0.39, 0.29) is 0 Å². The smallest absolute Gasteiger partial charge is 0.177 e. The van der Waals surface area contributed by atoms with Crippen molar-refractivity contribution in [3.05, 3.63) is 42.5 Å². The summed E-state index contributed by atoms with van der Waals surface area (Å²) in [5.41, 5.74) is 2.65. The Balaban J connectivity index is 1.39. The third kappa shape index (κ3) is 2.35. The number of fused-ring (bicyclic) bond motifs is 2.